The number of piperidine rings is 1. The van der Waals surface area contributed by atoms with Crippen LogP contribution in [0.5, 0.6) is 0 Å². The van der Waals surface area contributed by atoms with Gasteiger partial charge in [0.1, 0.15) is 0 Å². The van der Waals surface area contributed by atoms with Crippen molar-refractivity contribution in [1.82, 2.24) is 10.2 Å². The molecule has 2 atom stereocenters. The first-order valence-electron chi connectivity index (χ1n) is 4.36. The standard InChI is InChI=1S/C8H14N2O2/c1-12-8(11)10-4-6-2-7(5-10)9-3-6/h6-7,9H,2-5H2,1H3/t6-,7-/m0/s1. The molecule has 68 valence electrons. The monoisotopic (exact) mass is 170 g/mol. The highest BCUT2D eigenvalue weighted by Gasteiger charge is 2.34. The lowest BCUT2D eigenvalue weighted by molar-refractivity contribution is 0.107. The summed E-state index contributed by atoms with van der Waals surface area (Å²) in [5.41, 5.74) is 0. The number of fused-ring (bicyclic) bond motifs is 2. The van der Waals surface area contributed by atoms with E-state index in [2.05, 4.69) is 10.1 Å². The number of rotatable bonds is 0. The van der Waals surface area contributed by atoms with Crippen LogP contribution in [0.4, 0.5) is 4.79 Å². The average Bonchev–Trinajstić information content (AvgIpc) is 2.44. The molecule has 1 N–H and O–H groups in total. The Morgan fingerprint density at radius 1 is 1.58 bits per heavy atom. The number of hydrogen-bond acceptors (Lipinski definition) is 3. The van der Waals surface area contributed by atoms with Crippen molar-refractivity contribution in [2.45, 2.75) is 12.5 Å². The molecule has 2 aliphatic heterocycles. The maximum Gasteiger partial charge on any atom is 0.409 e. The van der Waals surface area contributed by atoms with Crippen LogP contribution in [0.25, 0.3) is 0 Å². The minimum atomic E-state index is -0.187. The summed E-state index contributed by atoms with van der Waals surface area (Å²) in [6, 6.07) is 0.503. The van der Waals surface area contributed by atoms with Crippen molar-refractivity contribution < 1.29 is 9.53 Å². The molecule has 0 aromatic rings. The molecule has 2 rings (SSSR count). The largest absolute Gasteiger partial charge is 0.453 e. The first-order valence-corrected chi connectivity index (χ1v) is 4.36. The molecule has 2 bridgehead atoms. The van der Waals surface area contributed by atoms with Crippen LogP contribution >= 0.6 is 0 Å². The Kier molecular flexibility index (Phi) is 1.92. The normalized spacial score (nSPS) is 33.6. The molecule has 0 saturated carbocycles. The van der Waals surface area contributed by atoms with Crippen LogP contribution in [0.15, 0.2) is 0 Å². The Hall–Kier alpha value is -0.770. The molecule has 2 heterocycles. The van der Waals surface area contributed by atoms with Crippen LogP contribution in [0.3, 0.4) is 0 Å². The maximum atomic E-state index is 11.2. The van der Waals surface area contributed by atoms with E-state index in [1.807, 2.05) is 0 Å². The molecule has 0 spiro atoms. The molecule has 4 nitrogen and oxygen atoms in total. The third kappa shape index (κ3) is 1.27. The molecular formula is C8H14N2O2. The summed E-state index contributed by atoms with van der Waals surface area (Å²) in [5, 5.41) is 3.38. The minimum absolute atomic E-state index is 0.187. The number of hydrogen-bond donors (Lipinski definition) is 1. The van der Waals surface area contributed by atoms with E-state index in [0.717, 1.165) is 19.6 Å². The highest BCUT2D eigenvalue weighted by molar-refractivity contribution is 5.67. The van der Waals surface area contributed by atoms with Gasteiger partial charge < -0.3 is 15.0 Å². The van der Waals surface area contributed by atoms with E-state index in [0.29, 0.717) is 12.0 Å². The summed E-state index contributed by atoms with van der Waals surface area (Å²) in [4.78, 5) is 13.0. The lowest BCUT2D eigenvalue weighted by Crippen LogP contribution is -2.44. The molecule has 12 heavy (non-hydrogen) atoms. The van der Waals surface area contributed by atoms with Crippen LogP contribution in [0.2, 0.25) is 0 Å². The van der Waals surface area contributed by atoms with Crippen molar-refractivity contribution in [1.29, 1.82) is 0 Å². The second-order valence-corrected chi connectivity index (χ2v) is 3.58. The molecule has 0 aromatic carbocycles. The fourth-order valence-electron chi connectivity index (χ4n) is 2.11. The van der Waals surface area contributed by atoms with Crippen molar-refractivity contribution >= 4 is 6.09 Å². The van der Waals surface area contributed by atoms with Gasteiger partial charge in [0.05, 0.1) is 7.11 Å². The van der Waals surface area contributed by atoms with Gasteiger partial charge in [-0.3, -0.25) is 0 Å². The summed E-state index contributed by atoms with van der Waals surface area (Å²) < 4.78 is 4.67. The van der Waals surface area contributed by atoms with Crippen molar-refractivity contribution in [3.63, 3.8) is 0 Å². The zero-order valence-corrected chi connectivity index (χ0v) is 7.25. The molecule has 2 aliphatic rings. The smallest absolute Gasteiger partial charge is 0.409 e. The number of likely N-dealkylation sites (tertiary alicyclic amines) is 1. The molecule has 4 heteroatoms. The van der Waals surface area contributed by atoms with Gasteiger partial charge in [-0.1, -0.05) is 0 Å². The van der Waals surface area contributed by atoms with E-state index in [-0.39, 0.29) is 6.09 Å². The number of methoxy groups -OCH3 is 1. The van der Waals surface area contributed by atoms with Gasteiger partial charge in [0.25, 0.3) is 0 Å². The topological polar surface area (TPSA) is 41.6 Å². The van der Waals surface area contributed by atoms with E-state index < -0.39 is 0 Å². The fourth-order valence-corrected chi connectivity index (χ4v) is 2.11. The first-order chi connectivity index (χ1) is 5.79. The zero-order chi connectivity index (χ0) is 8.55. The molecular weight excluding hydrogens is 156 g/mol. The number of carbonyl (C=O) groups excluding carboxylic acids is 1. The van der Waals surface area contributed by atoms with Gasteiger partial charge in [-0.2, -0.15) is 0 Å². The molecule has 2 fully saturated rings. The van der Waals surface area contributed by atoms with Crippen molar-refractivity contribution in [2.24, 2.45) is 5.92 Å². The van der Waals surface area contributed by atoms with Crippen LogP contribution in [0.1, 0.15) is 6.42 Å². The SMILES string of the molecule is COC(=O)N1C[C@@H]2CN[C@@H](C2)C1. The molecule has 0 aliphatic carbocycles. The Balaban J connectivity index is 1.98. The summed E-state index contributed by atoms with van der Waals surface area (Å²) in [6.07, 6.45) is 1.03. The molecule has 0 aromatic heterocycles. The van der Waals surface area contributed by atoms with E-state index >= 15 is 0 Å². The lowest BCUT2D eigenvalue weighted by Gasteiger charge is -2.29. The Labute approximate surface area is 71.9 Å². The van der Waals surface area contributed by atoms with Gasteiger partial charge in [-0.05, 0) is 12.3 Å². The second-order valence-electron chi connectivity index (χ2n) is 3.58. The Bertz CT molecular complexity index is 183. The molecule has 0 radical (unpaired) electrons. The Morgan fingerprint density at radius 2 is 2.42 bits per heavy atom. The van der Waals surface area contributed by atoms with Crippen molar-refractivity contribution in [2.75, 3.05) is 26.7 Å². The predicted molar refractivity (Wildman–Crippen MR) is 43.9 cm³/mol. The molecule has 1 amide bonds. The first kappa shape index (κ1) is 7.86. The summed E-state index contributed by atoms with van der Waals surface area (Å²) in [5.74, 6) is 0.642. The average molecular weight is 170 g/mol. The van der Waals surface area contributed by atoms with Crippen molar-refractivity contribution in [3.05, 3.63) is 0 Å². The Morgan fingerprint density at radius 3 is 3.08 bits per heavy atom. The molecule has 0 unspecified atom stereocenters. The van der Waals surface area contributed by atoms with E-state index in [1.54, 1.807) is 4.90 Å². The summed E-state index contributed by atoms with van der Waals surface area (Å²) >= 11 is 0. The van der Waals surface area contributed by atoms with E-state index in [4.69, 9.17) is 0 Å². The number of nitrogens with zero attached hydrogens (tertiary/aromatic N) is 1. The van der Waals surface area contributed by atoms with Gasteiger partial charge in [0, 0.05) is 25.7 Å². The number of amides is 1. The van der Waals surface area contributed by atoms with Gasteiger partial charge in [-0.25, -0.2) is 4.79 Å². The zero-order valence-electron chi connectivity index (χ0n) is 7.25. The van der Waals surface area contributed by atoms with Crippen LogP contribution < -0.4 is 5.32 Å². The highest BCUT2D eigenvalue weighted by Crippen LogP contribution is 2.22. The van der Waals surface area contributed by atoms with Crippen LogP contribution in [-0.4, -0.2) is 43.8 Å². The minimum Gasteiger partial charge on any atom is -0.453 e. The highest BCUT2D eigenvalue weighted by atomic mass is 16.5. The fraction of sp³-hybridized carbons (Fsp3) is 0.875. The number of ether oxygens (including phenoxy) is 1. The number of carbonyl (C=O) groups is 1. The third-order valence-corrected chi connectivity index (χ3v) is 2.67. The quantitative estimate of drug-likeness (QED) is 0.558. The third-order valence-electron chi connectivity index (χ3n) is 2.67. The van der Waals surface area contributed by atoms with Crippen LogP contribution in [0, 0.1) is 5.92 Å². The number of nitrogens with one attached hydrogen (secondary N) is 1. The van der Waals surface area contributed by atoms with E-state index in [9.17, 15) is 4.79 Å². The summed E-state index contributed by atoms with van der Waals surface area (Å²) in [6.45, 7) is 2.72. The van der Waals surface area contributed by atoms with Crippen molar-refractivity contribution in [3.8, 4) is 0 Å². The maximum absolute atomic E-state index is 11.2. The van der Waals surface area contributed by atoms with Gasteiger partial charge in [-0.15, -0.1) is 0 Å². The van der Waals surface area contributed by atoms with Crippen LogP contribution in [-0.2, 0) is 4.74 Å². The second kappa shape index (κ2) is 2.94. The van der Waals surface area contributed by atoms with E-state index in [1.165, 1.54) is 13.5 Å². The summed E-state index contributed by atoms with van der Waals surface area (Å²) in [7, 11) is 1.44. The van der Waals surface area contributed by atoms with Gasteiger partial charge >= 0.3 is 6.09 Å². The lowest BCUT2D eigenvalue weighted by atomic mass is 10.0. The predicted octanol–water partition coefficient (Wildman–Crippen LogP) is 0.0465. The molecule has 2 saturated heterocycles. The van der Waals surface area contributed by atoms with Gasteiger partial charge in [0.15, 0.2) is 0 Å². The van der Waals surface area contributed by atoms with Gasteiger partial charge in [0.2, 0.25) is 0 Å².